The lowest BCUT2D eigenvalue weighted by Gasteiger charge is -2.39. The van der Waals surface area contributed by atoms with Crippen LogP contribution in [0.15, 0.2) is 0 Å². The highest BCUT2D eigenvalue weighted by atomic mass is 19.4. The Kier molecular flexibility index (Phi) is 4.40. The van der Waals surface area contributed by atoms with E-state index in [2.05, 4.69) is 4.90 Å². The van der Waals surface area contributed by atoms with Crippen LogP contribution in [0.3, 0.4) is 0 Å². The number of rotatable bonds is 5. The van der Waals surface area contributed by atoms with Crippen molar-refractivity contribution in [3.8, 4) is 0 Å². The number of hydrogen-bond acceptors (Lipinski definition) is 2. The Morgan fingerprint density at radius 1 is 1.18 bits per heavy atom. The first kappa shape index (κ1) is 16.1. The molecule has 3 nitrogen and oxygen atoms in total. The third kappa shape index (κ3) is 3.76. The second kappa shape index (κ2) is 6.02. The molecular formula is C16H25F3N2O. The van der Waals surface area contributed by atoms with Crippen LogP contribution in [0.25, 0.3) is 0 Å². The van der Waals surface area contributed by atoms with Gasteiger partial charge >= 0.3 is 6.18 Å². The zero-order valence-corrected chi connectivity index (χ0v) is 13.0. The van der Waals surface area contributed by atoms with E-state index >= 15 is 0 Å². The van der Waals surface area contributed by atoms with Gasteiger partial charge in [0.1, 0.15) is 0 Å². The smallest absolute Gasteiger partial charge is 0.342 e. The molecule has 3 fully saturated rings. The standard InChI is InChI=1S/C16H25F3N2O/c17-16(18,19)6-2-8-20-10-7-15(12-20)5-1-9-21(14(15)22)11-13-3-4-13/h13H,1-12H2/t15-/m1/s1. The first-order chi connectivity index (χ1) is 10.4. The third-order valence-corrected chi connectivity index (χ3v) is 5.37. The summed E-state index contributed by atoms with van der Waals surface area (Å²) < 4.78 is 36.7. The molecular weight excluding hydrogens is 293 g/mol. The van der Waals surface area contributed by atoms with Crippen LogP contribution >= 0.6 is 0 Å². The van der Waals surface area contributed by atoms with E-state index in [4.69, 9.17) is 0 Å². The van der Waals surface area contributed by atoms with E-state index < -0.39 is 12.6 Å². The van der Waals surface area contributed by atoms with Gasteiger partial charge in [-0.05, 0) is 57.5 Å². The van der Waals surface area contributed by atoms with Gasteiger partial charge < -0.3 is 9.80 Å². The predicted molar refractivity (Wildman–Crippen MR) is 77.3 cm³/mol. The zero-order chi connectivity index (χ0) is 15.8. The summed E-state index contributed by atoms with van der Waals surface area (Å²) in [5.74, 6) is 0.965. The minimum atomic E-state index is -4.07. The predicted octanol–water partition coefficient (Wildman–Crippen LogP) is 3.05. The number of piperidine rings is 1. The highest BCUT2D eigenvalue weighted by molar-refractivity contribution is 5.84. The first-order valence-electron chi connectivity index (χ1n) is 8.46. The summed E-state index contributed by atoms with van der Waals surface area (Å²) in [6.45, 7) is 3.64. The minimum Gasteiger partial charge on any atom is -0.342 e. The van der Waals surface area contributed by atoms with Crippen LogP contribution in [0.2, 0.25) is 0 Å². The molecule has 0 bridgehead atoms. The van der Waals surface area contributed by atoms with Crippen molar-refractivity contribution in [3.63, 3.8) is 0 Å². The van der Waals surface area contributed by atoms with Crippen molar-refractivity contribution in [1.29, 1.82) is 0 Å². The van der Waals surface area contributed by atoms with Crippen molar-refractivity contribution in [1.82, 2.24) is 9.80 Å². The molecule has 1 amide bonds. The molecule has 126 valence electrons. The molecule has 1 aliphatic carbocycles. The van der Waals surface area contributed by atoms with Crippen LogP contribution in [0.4, 0.5) is 13.2 Å². The fraction of sp³-hybridized carbons (Fsp3) is 0.938. The number of likely N-dealkylation sites (tertiary alicyclic amines) is 2. The molecule has 0 aromatic rings. The Bertz CT molecular complexity index is 422. The van der Waals surface area contributed by atoms with E-state index in [0.717, 1.165) is 38.9 Å². The largest absolute Gasteiger partial charge is 0.389 e. The van der Waals surface area contributed by atoms with Gasteiger partial charge in [0.25, 0.3) is 0 Å². The molecule has 22 heavy (non-hydrogen) atoms. The Morgan fingerprint density at radius 3 is 2.64 bits per heavy atom. The zero-order valence-electron chi connectivity index (χ0n) is 13.0. The average Bonchev–Trinajstić information content (AvgIpc) is 3.15. The molecule has 0 N–H and O–H groups in total. The van der Waals surface area contributed by atoms with Gasteiger partial charge in [-0.15, -0.1) is 0 Å². The SMILES string of the molecule is O=C1N(CC2CC2)CCC[C@]12CCN(CCCC(F)(F)F)C2. The number of carbonyl (C=O) groups excluding carboxylic acids is 1. The molecule has 6 heteroatoms. The third-order valence-electron chi connectivity index (χ3n) is 5.37. The van der Waals surface area contributed by atoms with Gasteiger partial charge in [0.05, 0.1) is 5.41 Å². The van der Waals surface area contributed by atoms with Crippen LogP contribution in [-0.2, 0) is 4.79 Å². The second-order valence-corrected chi connectivity index (χ2v) is 7.32. The van der Waals surface area contributed by atoms with Crippen LogP contribution in [0.5, 0.6) is 0 Å². The highest BCUT2D eigenvalue weighted by Gasteiger charge is 2.48. The molecule has 3 aliphatic rings. The van der Waals surface area contributed by atoms with E-state index in [1.54, 1.807) is 0 Å². The monoisotopic (exact) mass is 318 g/mol. The van der Waals surface area contributed by atoms with Gasteiger partial charge in [-0.25, -0.2) is 0 Å². The molecule has 1 atom stereocenters. The van der Waals surface area contributed by atoms with Crippen LogP contribution in [-0.4, -0.2) is 54.6 Å². The van der Waals surface area contributed by atoms with E-state index in [1.165, 1.54) is 12.8 Å². The number of alkyl halides is 3. The van der Waals surface area contributed by atoms with Gasteiger partial charge in [-0.2, -0.15) is 13.2 Å². The number of amides is 1. The van der Waals surface area contributed by atoms with Crippen molar-refractivity contribution in [2.75, 3.05) is 32.7 Å². The van der Waals surface area contributed by atoms with Gasteiger partial charge in [-0.1, -0.05) is 0 Å². The van der Waals surface area contributed by atoms with E-state index in [1.807, 2.05) is 4.90 Å². The van der Waals surface area contributed by atoms with Crippen LogP contribution in [0, 0.1) is 11.3 Å². The summed E-state index contributed by atoms with van der Waals surface area (Å²) in [7, 11) is 0. The lowest BCUT2D eigenvalue weighted by atomic mass is 9.78. The lowest BCUT2D eigenvalue weighted by molar-refractivity contribution is -0.146. The second-order valence-electron chi connectivity index (χ2n) is 7.32. The maximum Gasteiger partial charge on any atom is 0.389 e. The minimum absolute atomic E-state index is 0.138. The van der Waals surface area contributed by atoms with Crippen molar-refractivity contribution in [2.45, 2.75) is 51.1 Å². The van der Waals surface area contributed by atoms with E-state index in [0.29, 0.717) is 19.0 Å². The molecule has 1 saturated carbocycles. The molecule has 0 aromatic carbocycles. The van der Waals surface area contributed by atoms with E-state index in [9.17, 15) is 18.0 Å². The fourth-order valence-electron chi connectivity index (χ4n) is 3.97. The lowest BCUT2D eigenvalue weighted by Crippen LogP contribution is -2.50. The summed E-state index contributed by atoms with van der Waals surface area (Å²) in [5, 5.41) is 0. The van der Waals surface area contributed by atoms with Gasteiger partial charge in [0.2, 0.25) is 5.91 Å². The van der Waals surface area contributed by atoms with Gasteiger partial charge in [0, 0.05) is 26.1 Å². The van der Waals surface area contributed by atoms with Crippen molar-refractivity contribution in [3.05, 3.63) is 0 Å². The maximum absolute atomic E-state index is 12.8. The number of nitrogens with zero attached hydrogens (tertiary/aromatic N) is 2. The summed E-state index contributed by atoms with van der Waals surface area (Å²) >= 11 is 0. The van der Waals surface area contributed by atoms with Crippen molar-refractivity contribution in [2.24, 2.45) is 11.3 Å². The topological polar surface area (TPSA) is 23.6 Å². The molecule has 2 heterocycles. The summed E-state index contributed by atoms with van der Waals surface area (Å²) in [6.07, 6.45) is 0.578. The Morgan fingerprint density at radius 2 is 1.95 bits per heavy atom. The highest BCUT2D eigenvalue weighted by Crippen LogP contribution is 2.41. The maximum atomic E-state index is 12.8. The van der Waals surface area contributed by atoms with Gasteiger partial charge in [0.15, 0.2) is 0 Å². The first-order valence-corrected chi connectivity index (χ1v) is 8.46. The summed E-state index contributed by atoms with van der Waals surface area (Å²) in [4.78, 5) is 16.9. The molecule has 1 spiro atoms. The van der Waals surface area contributed by atoms with E-state index in [-0.39, 0.29) is 17.7 Å². The quantitative estimate of drug-likeness (QED) is 0.778. The molecule has 2 aliphatic heterocycles. The molecule has 0 aromatic heterocycles. The average molecular weight is 318 g/mol. The molecule has 0 unspecified atom stereocenters. The summed E-state index contributed by atoms with van der Waals surface area (Å²) in [6, 6.07) is 0. The fourth-order valence-corrected chi connectivity index (χ4v) is 3.97. The summed E-state index contributed by atoms with van der Waals surface area (Å²) in [5.41, 5.74) is -0.300. The number of hydrogen-bond donors (Lipinski definition) is 0. The molecule has 0 radical (unpaired) electrons. The number of halogens is 3. The Balaban J connectivity index is 1.51. The molecule has 3 rings (SSSR count). The van der Waals surface area contributed by atoms with Crippen LogP contribution < -0.4 is 0 Å². The Hall–Kier alpha value is -0.780. The molecule has 2 saturated heterocycles. The van der Waals surface area contributed by atoms with Crippen molar-refractivity contribution < 1.29 is 18.0 Å². The van der Waals surface area contributed by atoms with Gasteiger partial charge in [-0.3, -0.25) is 4.79 Å². The van der Waals surface area contributed by atoms with Crippen molar-refractivity contribution >= 4 is 5.91 Å². The number of carbonyl (C=O) groups is 1. The van der Waals surface area contributed by atoms with Crippen LogP contribution in [0.1, 0.15) is 44.9 Å². The Labute approximate surface area is 129 Å². The normalized spacial score (nSPS) is 30.5.